The Labute approximate surface area is 104 Å². The van der Waals surface area contributed by atoms with Crippen molar-refractivity contribution in [3.63, 3.8) is 0 Å². The van der Waals surface area contributed by atoms with Crippen LogP contribution in [0.3, 0.4) is 0 Å². The molecule has 1 rings (SSSR count). The second kappa shape index (κ2) is 6.15. The van der Waals surface area contributed by atoms with Crippen LogP contribution in [0.2, 0.25) is 0 Å². The summed E-state index contributed by atoms with van der Waals surface area (Å²) < 4.78 is 0. The molecule has 0 aliphatic carbocycles. The van der Waals surface area contributed by atoms with Crippen LogP contribution in [0.15, 0.2) is 18.2 Å². The first-order valence-corrected chi connectivity index (χ1v) is 6.16. The van der Waals surface area contributed by atoms with E-state index in [9.17, 15) is 9.59 Å². The van der Waals surface area contributed by atoms with Gasteiger partial charge in [-0.05, 0) is 24.6 Å². The topological polar surface area (TPSA) is 98.2 Å². The molecule has 1 aromatic rings. The van der Waals surface area contributed by atoms with Gasteiger partial charge in [0.05, 0.1) is 11.5 Å². The third-order valence-corrected chi connectivity index (χ3v) is 3.00. The van der Waals surface area contributed by atoms with E-state index in [1.807, 2.05) is 13.0 Å². The highest BCUT2D eigenvalue weighted by atomic mass is 32.2. The molecule has 6 heteroatoms. The maximum Gasteiger partial charge on any atom is 0.234 e. The van der Waals surface area contributed by atoms with Crippen LogP contribution < -0.4 is 16.8 Å². The number of aryl methyl sites for hydroxylation is 1. The number of thioether (sulfide) groups is 1. The van der Waals surface area contributed by atoms with Crippen LogP contribution in [-0.2, 0) is 9.59 Å². The summed E-state index contributed by atoms with van der Waals surface area (Å²) in [6.07, 6.45) is 0. The molecule has 0 aromatic heterocycles. The molecule has 2 amide bonds. The van der Waals surface area contributed by atoms with Crippen molar-refractivity contribution in [1.29, 1.82) is 0 Å². The van der Waals surface area contributed by atoms with Crippen LogP contribution >= 0.6 is 11.8 Å². The lowest BCUT2D eigenvalue weighted by Crippen LogP contribution is -2.18. The average Bonchev–Trinajstić information content (AvgIpc) is 2.23. The van der Waals surface area contributed by atoms with E-state index in [-0.39, 0.29) is 17.4 Å². The number of carbonyl (C=O) groups is 2. The zero-order chi connectivity index (χ0) is 12.8. The maximum atomic E-state index is 11.5. The first-order chi connectivity index (χ1) is 7.99. The fourth-order valence-corrected chi connectivity index (χ4v) is 1.72. The zero-order valence-corrected chi connectivity index (χ0v) is 10.3. The first-order valence-electron chi connectivity index (χ1n) is 5.01. The second-order valence-corrected chi connectivity index (χ2v) is 4.56. The highest BCUT2D eigenvalue weighted by Crippen LogP contribution is 2.17. The van der Waals surface area contributed by atoms with Crippen molar-refractivity contribution in [2.75, 3.05) is 22.6 Å². The number of hydrogen-bond acceptors (Lipinski definition) is 4. The number of nitrogens with two attached hydrogens (primary N) is 2. The number of amides is 2. The van der Waals surface area contributed by atoms with Gasteiger partial charge in [-0.3, -0.25) is 9.59 Å². The van der Waals surface area contributed by atoms with Crippen molar-refractivity contribution in [3.8, 4) is 0 Å². The Hall–Kier alpha value is -1.69. The number of hydrogen-bond donors (Lipinski definition) is 3. The van der Waals surface area contributed by atoms with Gasteiger partial charge in [-0.1, -0.05) is 6.07 Å². The van der Waals surface area contributed by atoms with Gasteiger partial charge >= 0.3 is 0 Å². The third-order valence-electron chi connectivity index (χ3n) is 2.04. The molecule has 0 atom stereocenters. The number of benzene rings is 1. The molecule has 0 fully saturated rings. The van der Waals surface area contributed by atoms with Crippen LogP contribution in [0.25, 0.3) is 0 Å². The lowest BCUT2D eigenvalue weighted by Gasteiger charge is -2.07. The van der Waals surface area contributed by atoms with Crippen LogP contribution in [0.1, 0.15) is 5.56 Å². The van der Waals surface area contributed by atoms with Crippen molar-refractivity contribution in [2.45, 2.75) is 6.92 Å². The summed E-state index contributed by atoms with van der Waals surface area (Å²) in [7, 11) is 0. The van der Waals surface area contributed by atoms with E-state index in [4.69, 9.17) is 11.5 Å². The van der Waals surface area contributed by atoms with E-state index in [1.165, 1.54) is 11.8 Å². The number of nitrogen functional groups attached to an aromatic ring is 1. The maximum absolute atomic E-state index is 11.5. The minimum Gasteiger partial charge on any atom is -0.398 e. The van der Waals surface area contributed by atoms with Crippen LogP contribution in [0.4, 0.5) is 11.4 Å². The number of carbonyl (C=O) groups excluding carboxylic acids is 2. The molecule has 17 heavy (non-hydrogen) atoms. The summed E-state index contributed by atoms with van der Waals surface area (Å²) >= 11 is 1.18. The molecule has 5 N–H and O–H groups in total. The van der Waals surface area contributed by atoms with Crippen molar-refractivity contribution in [1.82, 2.24) is 0 Å². The third kappa shape index (κ3) is 4.78. The predicted octanol–water partition coefficient (Wildman–Crippen LogP) is 0.734. The number of anilines is 2. The van der Waals surface area contributed by atoms with Gasteiger partial charge in [0.2, 0.25) is 11.8 Å². The van der Waals surface area contributed by atoms with E-state index in [1.54, 1.807) is 12.1 Å². The molecule has 0 saturated heterocycles. The Balaban J connectivity index is 2.45. The number of nitrogens with one attached hydrogen (secondary N) is 1. The van der Waals surface area contributed by atoms with E-state index >= 15 is 0 Å². The Morgan fingerprint density at radius 1 is 1.35 bits per heavy atom. The van der Waals surface area contributed by atoms with Gasteiger partial charge in [0, 0.05) is 11.4 Å². The van der Waals surface area contributed by atoms with Crippen molar-refractivity contribution < 1.29 is 9.59 Å². The fraction of sp³-hybridized carbons (Fsp3) is 0.273. The van der Waals surface area contributed by atoms with Gasteiger partial charge < -0.3 is 16.8 Å². The summed E-state index contributed by atoms with van der Waals surface area (Å²) in [6.45, 7) is 1.89. The van der Waals surface area contributed by atoms with Gasteiger partial charge in [0.25, 0.3) is 0 Å². The zero-order valence-electron chi connectivity index (χ0n) is 9.53. The van der Waals surface area contributed by atoms with Crippen molar-refractivity contribution >= 4 is 35.0 Å². The van der Waals surface area contributed by atoms with E-state index in [0.717, 1.165) is 5.56 Å². The molecule has 0 spiro atoms. The van der Waals surface area contributed by atoms with Crippen LogP contribution in [0.5, 0.6) is 0 Å². The molecule has 92 valence electrons. The highest BCUT2D eigenvalue weighted by Gasteiger charge is 2.04. The Bertz CT molecular complexity index is 435. The molecule has 0 aliphatic rings. The van der Waals surface area contributed by atoms with Crippen molar-refractivity contribution in [2.24, 2.45) is 5.73 Å². The molecule has 0 unspecified atom stereocenters. The minimum absolute atomic E-state index is 0.142. The van der Waals surface area contributed by atoms with E-state index in [2.05, 4.69) is 5.32 Å². The largest absolute Gasteiger partial charge is 0.398 e. The smallest absolute Gasteiger partial charge is 0.234 e. The normalized spacial score (nSPS) is 9.94. The Kier molecular flexibility index (Phi) is 4.84. The molecule has 0 bridgehead atoms. The Morgan fingerprint density at radius 2 is 2.06 bits per heavy atom. The quantitative estimate of drug-likeness (QED) is 0.674. The van der Waals surface area contributed by atoms with Crippen LogP contribution in [-0.4, -0.2) is 23.3 Å². The molecular formula is C11H15N3O2S. The number of primary amides is 1. The summed E-state index contributed by atoms with van der Waals surface area (Å²) in [5.41, 5.74) is 12.9. The lowest BCUT2D eigenvalue weighted by molar-refractivity contribution is -0.115. The SMILES string of the molecule is Cc1ccc(NC(=O)CSCC(N)=O)cc1N. The number of rotatable bonds is 5. The van der Waals surface area contributed by atoms with Crippen LogP contribution in [0, 0.1) is 6.92 Å². The predicted molar refractivity (Wildman–Crippen MR) is 70.7 cm³/mol. The fourth-order valence-electron chi connectivity index (χ4n) is 1.16. The lowest BCUT2D eigenvalue weighted by atomic mass is 10.2. The molecule has 0 saturated carbocycles. The molecule has 1 aromatic carbocycles. The molecule has 0 heterocycles. The highest BCUT2D eigenvalue weighted by molar-refractivity contribution is 8.00. The Morgan fingerprint density at radius 3 is 2.65 bits per heavy atom. The van der Waals surface area contributed by atoms with E-state index < -0.39 is 5.91 Å². The molecular weight excluding hydrogens is 238 g/mol. The second-order valence-electron chi connectivity index (χ2n) is 3.58. The molecule has 5 nitrogen and oxygen atoms in total. The summed E-state index contributed by atoms with van der Waals surface area (Å²) in [5, 5.41) is 2.69. The van der Waals surface area contributed by atoms with Crippen molar-refractivity contribution in [3.05, 3.63) is 23.8 Å². The molecule has 0 radical (unpaired) electrons. The van der Waals surface area contributed by atoms with Gasteiger partial charge in [0.1, 0.15) is 0 Å². The summed E-state index contributed by atoms with van der Waals surface area (Å²) in [4.78, 5) is 21.9. The van der Waals surface area contributed by atoms with Gasteiger partial charge in [-0.15, -0.1) is 11.8 Å². The monoisotopic (exact) mass is 253 g/mol. The summed E-state index contributed by atoms with van der Waals surface area (Å²) in [6, 6.07) is 5.32. The average molecular weight is 253 g/mol. The van der Waals surface area contributed by atoms with Gasteiger partial charge in [0.15, 0.2) is 0 Å². The summed E-state index contributed by atoms with van der Waals surface area (Å²) in [5.74, 6) is -0.276. The van der Waals surface area contributed by atoms with E-state index in [0.29, 0.717) is 11.4 Å². The first kappa shape index (κ1) is 13.4. The minimum atomic E-state index is -0.428. The standard InChI is InChI=1S/C11H15N3O2S/c1-7-2-3-8(4-9(7)12)14-11(16)6-17-5-10(13)15/h2-4H,5-6,12H2,1H3,(H2,13,15)(H,14,16). The molecule has 0 aliphatic heterocycles. The van der Waals surface area contributed by atoms with Gasteiger partial charge in [-0.25, -0.2) is 0 Å². The van der Waals surface area contributed by atoms with Gasteiger partial charge in [-0.2, -0.15) is 0 Å².